The van der Waals surface area contributed by atoms with E-state index in [0.717, 1.165) is 23.2 Å². The number of halogens is 3. The number of anilines is 1. The van der Waals surface area contributed by atoms with E-state index in [1.54, 1.807) is 19.2 Å². The highest BCUT2D eigenvalue weighted by atomic mass is 35.5. The molecule has 3 heterocycles. The molecule has 0 bridgehead atoms. The summed E-state index contributed by atoms with van der Waals surface area (Å²) in [6.07, 6.45) is 10.1. The molecule has 0 spiro atoms. The zero-order valence-electron chi connectivity index (χ0n) is 18.4. The molecule has 0 fully saturated rings. The van der Waals surface area contributed by atoms with Crippen LogP contribution in [-0.4, -0.2) is 32.1 Å². The highest BCUT2D eigenvalue weighted by molar-refractivity contribution is 7.17. The number of allylic oxidation sites excluding steroid dienone is 6. The molecule has 3 N–H and O–H groups in total. The third kappa shape index (κ3) is 5.64. The standard InChI is InChI=1S/C23H22ClF2N7S/c1-5-16(10-19(24)15(3)33-29-7-8-30-33)31-14(2)18(11-27)22(23(4,25)26)32-20-12-28-13-21-17(20)6-9-34-21/h5-13,27,31-32H,2-3H2,1,4H3/b16-5+,19-10+,22-18+,27-11?. The molecule has 0 atom stereocenters. The molecule has 0 radical (unpaired) electrons. The number of rotatable bonds is 10. The summed E-state index contributed by atoms with van der Waals surface area (Å²) < 4.78 is 30.3. The molecule has 0 unspecified atom stereocenters. The first-order valence-corrected chi connectivity index (χ1v) is 11.2. The molecule has 34 heavy (non-hydrogen) atoms. The van der Waals surface area contributed by atoms with Crippen LogP contribution < -0.4 is 10.6 Å². The molecule has 0 aliphatic heterocycles. The van der Waals surface area contributed by atoms with Crippen LogP contribution in [0.15, 0.2) is 89.2 Å². The summed E-state index contributed by atoms with van der Waals surface area (Å²) in [6.45, 7) is 10.2. The van der Waals surface area contributed by atoms with Crippen LogP contribution in [0.3, 0.4) is 0 Å². The first-order valence-electron chi connectivity index (χ1n) is 9.92. The van der Waals surface area contributed by atoms with Gasteiger partial charge in [0.1, 0.15) is 0 Å². The molecular formula is C23H22ClF2N7S. The van der Waals surface area contributed by atoms with Crippen LogP contribution in [0, 0.1) is 5.41 Å². The molecule has 3 rings (SSSR count). The number of fused-ring (bicyclic) bond motifs is 1. The van der Waals surface area contributed by atoms with Gasteiger partial charge in [0.05, 0.1) is 45.4 Å². The van der Waals surface area contributed by atoms with Crippen molar-refractivity contribution < 1.29 is 8.78 Å². The second kappa shape index (κ2) is 10.5. The molecule has 0 amide bonds. The fourth-order valence-electron chi connectivity index (χ4n) is 2.95. The number of nitrogens with zero attached hydrogens (tertiary/aromatic N) is 4. The maximum Gasteiger partial charge on any atom is 0.285 e. The van der Waals surface area contributed by atoms with Crippen LogP contribution >= 0.6 is 22.9 Å². The summed E-state index contributed by atoms with van der Waals surface area (Å²) in [7, 11) is 0. The lowest BCUT2D eigenvalue weighted by Gasteiger charge is -2.22. The largest absolute Gasteiger partial charge is 0.356 e. The average molecular weight is 502 g/mol. The SMILES string of the molecule is C=C(NC(=C/C)/C=C(/Cl)C(=C)n1nccn1)/C(C=N)=C(/Nc1cncc2sccc12)C(C)(F)F. The van der Waals surface area contributed by atoms with Gasteiger partial charge in [0, 0.05) is 41.7 Å². The monoisotopic (exact) mass is 501 g/mol. The fourth-order valence-corrected chi connectivity index (χ4v) is 3.92. The fraction of sp³-hybridized carbons (Fsp3) is 0.130. The number of hydrogen-bond donors (Lipinski definition) is 3. The van der Waals surface area contributed by atoms with Gasteiger partial charge in [-0.05, 0) is 24.4 Å². The van der Waals surface area contributed by atoms with E-state index in [9.17, 15) is 8.78 Å². The molecule has 0 saturated carbocycles. The van der Waals surface area contributed by atoms with Crippen molar-refractivity contribution in [3.05, 3.63) is 89.2 Å². The minimum atomic E-state index is -3.31. The molecule has 11 heteroatoms. The predicted octanol–water partition coefficient (Wildman–Crippen LogP) is 6.16. The average Bonchev–Trinajstić information content (AvgIpc) is 3.49. The van der Waals surface area contributed by atoms with Crippen molar-refractivity contribution in [2.45, 2.75) is 19.8 Å². The Morgan fingerprint density at radius 2 is 1.97 bits per heavy atom. The first-order chi connectivity index (χ1) is 16.2. The van der Waals surface area contributed by atoms with Gasteiger partial charge in [-0.2, -0.15) is 23.8 Å². The van der Waals surface area contributed by atoms with Gasteiger partial charge in [-0.25, -0.2) is 0 Å². The van der Waals surface area contributed by atoms with E-state index in [-0.39, 0.29) is 16.3 Å². The molecule has 3 aromatic rings. The number of nitrogens with one attached hydrogen (secondary N) is 3. The Bertz CT molecular complexity index is 1310. The smallest absolute Gasteiger partial charge is 0.285 e. The molecule has 0 aliphatic rings. The Morgan fingerprint density at radius 1 is 1.26 bits per heavy atom. The van der Waals surface area contributed by atoms with E-state index in [1.165, 1.54) is 40.8 Å². The van der Waals surface area contributed by atoms with Crippen molar-refractivity contribution in [3.63, 3.8) is 0 Å². The van der Waals surface area contributed by atoms with Gasteiger partial charge in [-0.3, -0.25) is 4.98 Å². The van der Waals surface area contributed by atoms with Gasteiger partial charge in [-0.15, -0.1) is 11.3 Å². The van der Waals surface area contributed by atoms with Gasteiger partial charge in [0.25, 0.3) is 5.92 Å². The van der Waals surface area contributed by atoms with Crippen LogP contribution in [0.25, 0.3) is 15.8 Å². The van der Waals surface area contributed by atoms with E-state index >= 15 is 0 Å². The van der Waals surface area contributed by atoms with Crippen molar-refractivity contribution in [1.29, 1.82) is 5.41 Å². The number of thiophene rings is 1. The Labute approximate surface area is 204 Å². The van der Waals surface area contributed by atoms with Crippen LogP contribution in [-0.2, 0) is 0 Å². The minimum Gasteiger partial charge on any atom is -0.356 e. The Kier molecular flexibility index (Phi) is 7.75. The topological polar surface area (TPSA) is 91.5 Å². The summed E-state index contributed by atoms with van der Waals surface area (Å²) >= 11 is 7.79. The van der Waals surface area contributed by atoms with Crippen molar-refractivity contribution in [2.75, 3.05) is 5.32 Å². The lowest BCUT2D eigenvalue weighted by molar-refractivity contribution is 0.0643. The molecule has 176 valence electrons. The number of pyridine rings is 1. The van der Waals surface area contributed by atoms with Gasteiger partial charge < -0.3 is 16.0 Å². The molecule has 0 aliphatic carbocycles. The number of hydrogen-bond acceptors (Lipinski definition) is 7. The highest BCUT2D eigenvalue weighted by Gasteiger charge is 2.32. The summed E-state index contributed by atoms with van der Waals surface area (Å²) in [5.74, 6) is -3.31. The van der Waals surface area contributed by atoms with Crippen molar-refractivity contribution in [3.8, 4) is 0 Å². The summed E-state index contributed by atoms with van der Waals surface area (Å²) in [5, 5.41) is 24.3. The zero-order valence-corrected chi connectivity index (χ0v) is 20.0. The van der Waals surface area contributed by atoms with E-state index in [1.807, 2.05) is 11.4 Å². The van der Waals surface area contributed by atoms with Gasteiger partial charge in [0.2, 0.25) is 0 Å². The quantitative estimate of drug-likeness (QED) is 0.228. The van der Waals surface area contributed by atoms with Crippen molar-refractivity contribution >= 4 is 50.6 Å². The highest BCUT2D eigenvalue weighted by Crippen LogP contribution is 2.33. The van der Waals surface area contributed by atoms with E-state index in [0.29, 0.717) is 17.1 Å². The number of alkyl halides is 2. The Hall–Kier alpha value is -3.63. The maximum absolute atomic E-state index is 14.7. The normalized spacial score (nSPS) is 13.4. The summed E-state index contributed by atoms with van der Waals surface area (Å²) in [6, 6.07) is 1.82. The maximum atomic E-state index is 14.7. The van der Waals surface area contributed by atoms with Crippen LogP contribution in [0.2, 0.25) is 0 Å². The van der Waals surface area contributed by atoms with E-state index in [4.69, 9.17) is 17.0 Å². The van der Waals surface area contributed by atoms with Gasteiger partial charge >= 0.3 is 0 Å². The van der Waals surface area contributed by atoms with Crippen LogP contribution in [0.5, 0.6) is 0 Å². The molecular weight excluding hydrogens is 480 g/mol. The second-order valence-corrected chi connectivity index (χ2v) is 8.43. The van der Waals surface area contributed by atoms with E-state index in [2.05, 4.69) is 39.0 Å². The Morgan fingerprint density at radius 3 is 2.59 bits per heavy atom. The molecule has 0 aromatic carbocycles. The summed E-state index contributed by atoms with van der Waals surface area (Å²) in [4.78, 5) is 5.37. The summed E-state index contributed by atoms with van der Waals surface area (Å²) in [5.41, 5.74) is 0.635. The second-order valence-electron chi connectivity index (χ2n) is 7.07. The third-order valence-corrected chi connectivity index (χ3v) is 5.82. The first kappa shape index (κ1) is 25.0. The zero-order chi connectivity index (χ0) is 24.9. The van der Waals surface area contributed by atoms with Gasteiger partial charge in [0.15, 0.2) is 0 Å². The Balaban J connectivity index is 1.92. The van der Waals surface area contributed by atoms with Crippen LogP contribution in [0.4, 0.5) is 14.5 Å². The predicted molar refractivity (Wildman–Crippen MR) is 135 cm³/mol. The lowest BCUT2D eigenvalue weighted by Crippen LogP contribution is -2.26. The van der Waals surface area contributed by atoms with E-state index < -0.39 is 11.6 Å². The molecule has 7 nitrogen and oxygen atoms in total. The molecule has 3 aromatic heterocycles. The minimum absolute atomic E-state index is 0.0705. The molecule has 0 saturated heterocycles. The van der Waals surface area contributed by atoms with Gasteiger partial charge in [-0.1, -0.05) is 30.8 Å². The lowest BCUT2D eigenvalue weighted by atomic mass is 10.1. The van der Waals surface area contributed by atoms with Crippen molar-refractivity contribution in [2.24, 2.45) is 0 Å². The number of aromatic nitrogens is 4. The third-order valence-electron chi connectivity index (χ3n) is 4.64. The van der Waals surface area contributed by atoms with Crippen LogP contribution in [0.1, 0.15) is 13.8 Å². The van der Waals surface area contributed by atoms with Crippen molar-refractivity contribution in [1.82, 2.24) is 25.3 Å².